The maximum atomic E-state index is 13.4. The summed E-state index contributed by atoms with van der Waals surface area (Å²) in [4.78, 5) is 17.2. The molecule has 2 unspecified atom stereocenters. The van der Waals surface area contributed by atoms with Crippen molar-refractivity contribution in [1.82, 2.24) is 10.3 Å². The molecule has 2 atom stereocenters. The predicted octanol–water partition coefficient (Wildman–Crippen LogP) is 3.76. The molecule has 1 aliphatic heterocycles. The average molecular weight is 470 g/mol. The first-order valence-corrected chi connectivity index (χ1v) is 12.7. The van der Waals surface area contributed by atoms with Gasteiger partial charge in [0.05, 0.1) is 11.7 Å². The molecular formula is C24H24FN3O4S. The van der Waals surface area contributed by atoms with E-state index >= 15 is 0 Å². The number of amides is 1. The van der Waals surface area contributed by atoms with E-state index < -0.39 is 27.8 Å². The van der Waals surface area contributed by atoms with E-state index in [2.05, 4.69) is 14.7 Å². The van der Waals surface area contributed by atoms with E-state index in [9.17, 15) is 13.4 Å². The molecule has 3 aromatic rings. The van der Waals surface area contributed by atoms with E-state index in [1.165, 1.54) is 36.9 Å². The molecule has 1 amide bonds. The van der Waals surface area contributed by atoms with E-state index in [0.717, 1.165) is 5.56 Å². The predicted molar refractivity (Wildman–Crippen MR) is 124 cm³/mol. The molecule has 0 saturated heterocycles. The van der Waals surface area contributed by atoms with Gasteiger partial charge in [0.15, 0.2) is 17.6 Å². The summed E-state index contributed by atoms with van der Waals surface area (Å²) in [6.07, 6.45) is 4.40. The number of para-hydroxylation sites is 2. The number of carbonyl (C=O) groups excluding carboxylic acids is 1. The van der Waals surface area contributed by atoms with Crippen LogP contribution >= 0.6 is 0 Å². The Labute approximate surface area is 192 Å². The van der Waals surface area contributed by atoms with Gasteiger partial charge in [-0.1, -0.05) is 24.3 Å². The van der Waals surface area contributed by atoms with Crippen molar-refractivity contribution in [3.05, 3.63) is 83.9 Å². The molecule has 1 aliphatic rings. The minimum Gasteiger partial charge on any atom is -0.486 e. The molecule has 172 valence electrons. The van der Waals surface area contributed by atoms with Crippen LogP contribution in [0.15, 0.2) is 71.2 Å². The van der Waals surface area contributed by atoms with Crippen molar-refractivity contribution in [2.45, 2.75) is 18.6 Å². The van der Waals surface area contributed by atoms with Crippen LogP contribution in [-0.2, 0) is 16.1 Å². The van der Waals surface area contributed by atoms with E-state index in [1.54, 1.807) is 24.3 Å². The van der Waals surface area contributed by atoms with Crippen LogP contribution in [0, 0.1) is 5.82 Å². The number of halogens is 1. The topological polar surface area (TPSA) is 89.9 Å². The van der Waals surface area contributed by atoms with Gasteiger partial charge >= 0.3 is 0 Å². The van der Waals surface area contributed by atoms with E-state index in [-0.39, 0.29) is 18.1 Å². The summed E-state index contributed by atoms with van der Waals surface area (Å²) >= 11 is 0. The molecule has 7 nitrogen and oxygen atoms in total. The Morgan fingerprint density at radius 2 is 1.91 bits per heavy atom. The van der Waals surface area contributed by atoms with Crippen molar-refractivity contribution >= 4 is 21.3 Å². The number of rotatable bonds is 6. The standard InChI is InChI=1S/C24H24FN3O4S/c1-33(2,30)28-18-11-12-26-20(14-18)24(29)27-19(13-16-7-9-17(25)10-8-16)23-15-31-21-5-3-4-6-22(21)32-23/h3-12,14,19,23H,13,15H2,1-2H3,(H,27,29). The zero-order valence-corrected chi connectivity index (χ0v) is 19.0. The Hall–Kier alpha value is -3.46. The molecule has 0 saturated carbocycles. The monoisotopic (exact) mass is 469 g/mol. The van der Waals surface area contributed by atoms with Crippen molar-refractivity contribution in [3.63, 3.8) is 0 Å². The summed E-state index contributed by atoms with van der Waals surface area (Å²) < 4.78 is 41.5. The number of fused-ring (bicyclic) bond motifs is 1. The van der Waals surface area contributed by atoms with Crippen molar-refractivity contribution in [2.75, 3.05) is 19.1 Å². The van der Waals surface area contributed by atoms with Gasteiger partial charge in [-0.2, -0.15) is 4.36 Å². The highest BCUT2D eigenvalue weighted by Gasteiger charge is 2.31. The number of nitrogens with zero attached hydrogens (tertiary/aromatic N) is 2. The Kier molecular flexibility index (Phi) is 6.60. The highest BCUT2D eigenvalue weighted by Crippen LogP contribution is 2.32. The van der Waals surface area contributed by atoms with Crippen LogP contribution in [-0.4, -0.2) is 46.4 Å². The van der Waals surface area contributed by atoms with Gasteiger partial charge in [0.25, 0.3) is 5.91 Å². The zero-order valence-electron chi connectivity index (χ0n) is 18.2. The first-order valence-electron chi connectivity index (χ1n) is 10.3. The molecule has 0 spiro atoms. The molecular weight excluding hydrogens is 445 g/mol. The Bertz CT molecular complexity index is 1260. The smallest absolute Gasteiger partial charge is 0.270 e. The van der Waals surface area contributed by atoms with Gasteiger partial charge < -0.3 is 14.8 Å². The fourth-order valence-corrected chi connectivity index (χ4v) is 4.10. The minimum absolute atomic E-state index is 0.140. The molecule has 0 radical (unpaired) electrons. The summed E-state index contributed by atoms with van der Waals surface area (Å²) in [5, 5.41) is 2.97. The lowest BCUT2D eigenvalue weighted by molar-refractivity contribution is 0.0563. The summed E-state index contributed by atoms with van der Waals surface area (Å²) in [6, 6.07) is 16.0. The Morgan fingerprint density at radius 1 is 1.18 bits per heavy atom. The summed E-state index contributed by atoms with van der Waals surface area (Å²) in [5.74, 6) is 0.463. The van der Waals surface area contributed by atoms with Crippen LogP contribution in [0.5, 0.6) is 11.5 Å². The molecule has 1 N–H and O–H groups in total. The molecule has 2 heterocycles. The van der Waals surface area contributed by atoms with E-state index in [4.69, 9.17) is 9.47 Å². The van der Waals surface area contributed by atoms with Crippen LogP contribution in [0.25, 0.3) is 0 Å². The number of pyridine rings is 1. The average Bonchev–Trinajstić information content (AvgIpc) is 2.78. The Balaban J connectivity index is 1.58. The third-order valence-electron chi connectivity index (χ3n) is 4.97. The van der Waals surface area contributed by atoms with Gasteiger partial charge in [-0.3, -0.25) is 9.78 Å². The second kappa shape index (κ2) is 9.58. The number of benzene rings is 2. The fraction of sp³-hybridized carbons (Fsp3) is 0.250. The zero-order chi connectivity index (χ0) is 23.4. The van der Waals surface area contributed by atoms with Gasteiger partial charge in [-0.25, -0.2) is 8.60 Å². The lowest BCUT2D eigenvalue weighted by Gasteiger charge is -2.32. The molecule has 2 aromatic carbocycles. The quantitative estimate of drug-likeness (QED) is 0.594. The van der Waals surface area contributed by atoms with Crippen molar-refractivity contribution in [1.29, 1.82) is 0 Å². The molecule has 4 rings (SSSR count). The number of hydrogen-bond donors (Lipinski definition) is 1. The van der Waals surface area contributed by atoms with Gasteiger partial charge in [-0.15, -0.1) is 0 Å². The number of aromatic nitrogens is 1. The lowest BCUT2D eigenvalue weighted by atomic mass is 10.0. The normalized spacial score (nSPS) is 16.0. The second-order valence-electron chi connectivity index (χ2n) is 8.00. The van der Waals surface area contributed by atoms with Crippen LogP contribution in [0.2, 0.25) is 0 Å². The van der Waals surface area contributed by atoms with E-state index in [1.807, 2.05) is 18.2 Å². The number of nitrogens with one attached hydrogen (secondary N) is 1. The summed E-state index contributed by atoms with van der Waals surface area (Å²) in [7, 11) is -2.38. The maximum absolute atomic E-state index is 13.4. The van der Waals surface area contributed by atoms with Crippen molar-refractivity contribution in [3.8, 4) is 11.5 Å². The number of hydrogen-bond acceptors (Lipinski definition) is 6. The molecule has 0 fully saturated rings. The van der Waals surface area contributed by atoms with Crippen molar-refractivity contribution < 1.29 is 22.9 Å². The summed E-state index contributed by atoms with van der Waals surface area (Å²) in [6.45, 7) is 0.236. The SMILES string of the molecule is CS(C)(=O)=Nc1ccnc(C(=O)NC(Cc2ccc(F)cc2)C2COc3ccccc3O2)c1. The largest absolute Gasteiger partial charge is 0.486 e. The van der Waals surface area contributed by atoms with E-state index in [0.29, 0.717) is 23.6 Å². The fourth-order valence-electron chi connectivity index (χ4n) is 3.48. The number of carbonyl (C=O) groups is 1. The van der Waals surface area contributed by atoms with Crippen LogP contribution in [0.4, 0.5) is 10.1 Å². The highest BCUT2D eigenvalue weighted by molar-refractivity contribution is 7.92. The highest BCUT2D eigenvalue weighted by atomic mass is 32.2. The maximum Gasteiger partial charge on any atom is 0.270 e. The molecule has 1 aromatic heterocycles. The van der Waals surface area contributed by atoms with Crippen molar-refractivity contribution in [2.24, 2.45) is 4.36 Å². The summed E-state index contributed by atoms with van der Waals surface area (Å²) in [5.41, 5.74) is 1.38. The lowest BCUT2D eigenvalue weighted by Crippen LogP contribution is -2.51. The number of ether oxygens (including phenoxy) is 2. The van der Waals surface area contributed by atoms with Crippen LogP contribution in [0.3, 0.4) is 0 Å². The Morgan fingerprint density at radius 3 is 2.64 bits per heavy atom. The third-order valence-corrected chi connectivity index (χ3v) is 5.62. The first kappa shape index (κ1) is 22.7. The molecule has 0 bridgehead atoms. The van der Waals surface area contributed by atoms with Gasteiger partial charge in [0, 0.05) is 28.4 Å². The molecule has 9 heteroatoms. The molecule has 33 heavy (non-hydrogen) atoms. The minimum atomic E-state index is -2.38. The van der Waals surface area contributed by atoms with Gasteiger partial charge in [0.2, 0.25) is 0 Å². The first-order chi connectivity index (χ1) is 15.8. The van der Waals surface area contributed by atoms with Gasteiger partial charge in [0.1, 0.15) is 18.1 Å². The third kappa shape index (κ3) is 6.07. The second-order valence-corrected chi connectivity index (χ2v) is 10.5. The van der Waals surface area contributed by atoms with Gasteiger partial charge in [-0.05, 0) is 48.4 Å². The molecule has 0 aliphatic carbocycles. The van der Waals surface area contributed by atoms with Crippen LogP contribution < -0.4 is 14.8 Å². The van der Waals surface area contributed by atoms with Crippen LogP contribution in [0.1, 0.15) is 16.1 Å².